The SMILES string of the molecule is CCOC(=O)c1cccc(NC(=O)c2sc(-c3cccc(OC)c3)nc2C)c1. The van der Waals surface area contributed by atoms with Crippen LogP contribution in [0.5, 0.6) is 5.75 Å². The summed E-state index contributed by atoms with van der Waals surface area (Å²) in [6.07, 6.45) is 0. The minimum Gasteiger partial charge on any atom is -0.497 e. The molecule has 7 heteroatoms. The van der Waals surface area contributed by atoms with E-state index in [2.05, 4.69) is 10.3 Å². The van der Waals surface area contributed by atoms with E-state index in [0.29, 0.717) is 28.4 Å². The second-order valence-corrected chi connectivity index (χ2v) is 6.92. The first kappa shape index (κ1) is 19.6. The fraction of sp³-hybridized carbons (Fsp3) is 0.190. The van der Waals surface area contributed by atoms with Crippen molar-refractivity contribution in [3.63, 3.8) is 0 Å². The zero-order valence-electron chi connectivity index (χ0n) is 15.8. The van der Waals surface area contributed by atoms with Crippen molar-refractivity contribution in [3.05, 3.63) is 64.7 Å². The molecule has 0 aliphatic carbocycles. The van der Waals surface area contributed by atoms with Crippen LogP contribution in [0.2, 0.25) is 0 Å². The summed E-state index contributed by atoms with van der Waals surface area (Å²) in [5.74, 6) is 0.0326. The minimum absolute atomic E-state index is 0.273. The molecule has 0 fully saturated rings. The first-order valence-electron chi connectivity index (χ1n) is 8.72. The number of nitrogens with one attached hydrogen (secondary N) is 1. The van der Waals surface area contributed by atoms with Crippen LogP contribution in [0.15, 0.2) is 48.5 Å². The molecule has 1 heterocycles. The van der Waals surface area contributed by atoms with Gasteiger partial charge < -0.3 is 14.8 Å². The fourth-order valence-corrected chi connectivity index (χ4v) is 3.57. The van der Waals surface area contributed by atoms with Gasteiger partial charge in [-0.3, -0.25) is 4.79 Å². The van der Waals surface area contributed by atoms with Gasteiger partial charge in [-0.05, 0) is 44.2 Å². The average Bonchev–Trinajstić information content (AvgIpc) is 3.10. The first-order chi connectivity index (χ1) is 13.5. The van der Waals surface area contributed by atoms with Crippen molar-refractivity contribution in [1.82, 2.24) is 4.98 Å². The summed E-state index contributed by atoms with van der Waals surface area (Å²) < 4.78 is 10.2. The van der Waals surface area contributed by atoms with E-state index in [1.807, 2.05) is 24.3 Å². The quantitative estimate of drug-likeness (QED) is 0.618. The molecule has 1 N–H and O–H groups in total. The van der Waals surface area contributed by atoms with E-state index in [4.69, 9.17) is 9.47 Å². The van der Waals surface area contributed by atoms with Gasteiger partial charge in [-0.15, -0.1) is 11.3 Å². The summed E-state index contributed by atoms with van der Waals surface area (Å²) in [5, 5.41) is 3.56. The monoisotopic (exact) mass is 396 g/mol. The van der Waals surface area contributed by atoms with E-state index >= 15 is 0 Å². The molecule has 0 saturated carbocycles. The standard InChI is InChI=1S/C21H20N2O4S/c1-4-27-21(25)15-8-5-9-16(11-15)23-19(24)18-13(2)22-20(28-18)14-7-6-10-17(12-14)26-3/h5-12H,4H2,1-3H3,(H,23,24). The molecule has 3 rings (SSSR count). The molecule has 6 nitrogen and oxygen atoms in total. The highest BCUT2D eigenvalue weighted by atomic mass is 32.1. The van der Waals surface area contributed by atoms with Crippen LogP contribution in [0, 0.1) is 6.92 Å². The predicted molar refractivity (Wildman–Crippen MR) is 109 cm³/mol. The summed E-state index contributed by atoms with van der Waals surface area (Å²) in [4.78, 5) is 29.6. The topological polar surface area (TPSA) is 77.5 Å². The highest BCUT2D eigenvalue weighted by Crippen LogP contribution is 2.30. The number of amides is 1. The number of aromatic nitrogens is 1. The van der Waals surface area contributed by atoms with Crippen LogP contribution in [0.3, 0.4) is 0 Å². The number of rotatable bonds is 6. The number of anilines is 1. The Labute approximate surface area is 167 Å². The Balaban J connectivity index is 1.81. The third-order valence-corrected chi connectivity index (χ3v) is 5.16. The van der Waals surface area contributed by atoms with Gasteiger partial charge in [0.2, 0.25) is 0 Å². The van der Waals surface area contributed by atoms with E-state index in [1.165, 1.54) is 11.3 Å². The molecule has 0 aliphatic rings. The predicted octanol–water partition coefficient (Wildman–Crippen LogP) is 4.56. The molecule has 0 bridgehead atoms. The number of ether oxygens (including phenoxy) is 2. The largest absolute Gasteiger partial charge is 0.497 e. The lowest BCUT2D eigenvalue weighted by Crippen LogP contribution is -2.12. The number of carbonyl (C=O) groups is 2. The van der Waals surface area contributed by atoms with Crippen LogP contribution in [-0.2, 0) is 4.74 Å². The number of esters is 1. The number of methoxy groups -OCH3 is 1. The molecule has 3 aromatic rings. The fourth-order valence-electron chi connectivity index (χ4n) is 2.61. The number of nitrogens with zero attached hydrogens (tertiary/aromatic N) is 1. The van der Waals surface area contributed by atoms with Crippen molar-refractivity contribution in [2.24, 2.45) is 0 Å². The Bertz CT molecular complexity index is 1010. The van der Waals surface area contributed by atoms with Crippen LogP contribution in [0.4, 0.5) is 5.69 Å². The molecule has 1 aromatic heterocycles. The summed E-state index contributed by atoms with van der Waals surface area (Å²) >= 11 is 1.31. The van der Waals surface area contributed by atoms with Crippen LogP contribution in [0.1, 0.15) is 32.6 Å². The maximum absolute atomic E-state index is 12.7. The third kappa shape index (κ3) is 4.37. The molecule has 144 valence electrons. The van der Waals surface area contributed by atoms with Gasteiger partial charge in [-0.1, -0.05) is 18.2 Å². The summed E-state index contributed by atoms with van der Waals surface area (Å²) in [6.45, 7) is 3.84. The molecular weight excluding hydrogens is 376 g/mol. The molecule has 0 unspecified atom stereocenters. The van der Waals surface area contributed by atoms with Gasteiger partial charge in [0.05, 0.1) is 25.0 Å². The Morgan fingerprint density at radius 3 is 2.68 bits per heavy atom. The van der Waals surface area contributed by atoms with Gasteiger partial charge in [0.25, 0.3) is 5.91 Å². The maximum Gasteiger partial charge on any atom is 0.338 e. The van der Waals surface area contributed by atoms with Gasteiger partial charge in [0.1, 0.15) is 15.6 Å². The smallest absolute Gasteiger partial charge is 0.338 e. The van der Waals surface area contributed by atoms with E-state index in [1.54, 1.807) is 45.2 Å². The van der Waals surface area contributed by atoms with Crippen LogP contribution >= 0.6 is 11.3 Å². The van der Waals surface area contributed by atoms with Crippen molar-refractivity contribution >= 4 is 28.9 Å². The highest BCUT2D eigenvalue weighted by molar-refractivity contribution is 7.17. The Morgan fingerprint density at radius 2 is 1.93 bits per heavy atom. The third-order valence-electron chi connectivity index (χ3n) is 3.95. The van der Waals surface area contributed by atoms with Crippen molar-refractivity contribution < 1.29 is 19.1 Å². The molecular formula is C21H20N2O4S. The lowest BCUT2D eigenvalue weighted by molar-refractivity contribution is 0.0526. The van der Waals surface area contributed by atoms with Crippen LogP contribution in [-0.4, -0.2) is 30.6 Å². The van der Waals surface area contributed by atoms with Crippen molar-refractivity contribution in [2.45, 2.75) is 13.8 Å². The molecule has 0 saturated heterocycles. The lowest BCUT2D eigenvalue weighted by atomic mass is 10.2. The van der Waals surface area contributed by atoms with Crippen LogP contribution in [0.25, 0.3) is 10.6 Å². The molecule has 0 aliphatic heterocycles. The summed E-state index contributed by atoms with van der Waals surface area (Å²) in [5.41, 5.74) is 2.43. The van der Waals surface area contributed by atoms with Gasteiger partial charge in [0, 0.05) is 11.3 Å². The lowest BCUT2D eigenvalue weighted by Gasteiger charge is -2.06. The van der Waals surface area contributed by atoms with E-state index in [0.717, 1.165) is 16.3 Å². The number of thiazole rings is 1. The maximum atomic E-state index is 12.7. The van der Waals surface area contributed by atoms with Gasteiger partial charge in [-0.2, -0.15) is 0 Å². The first-order valence-corrected chi connectivity index (χ1v) is 9.54. The summed E-state index contributed by atoms with van der Waals surface area (Å²) in [7, 11) is 1.61. The van der Waals surface area contributed by atoms with Crippen molar-refractivity contribution in [2.75, 3.05) is 19.0 Å². The van der Waals surface area contributed by atoms with Gasteiger partial charge in [-0.25, -0.2) is 9.78 Å². The van der Waals surface area contributed by atoms with E-state index < -0.39 is 5.97 Å². The van der Waals surface area contributed by atoms with Gasteiger partial charge >= 0.3 is 5.97 Å². The Morgan fingerprint density at radius 1 is 1.14 bits per heavy atom. The molecule has 0 radical (unpaired) electrons. The number of hydrogen-bond acceptors (Lipinski definition) is 6. The zero-order chi connectivity index (χ0) is 20.1. The van der Waals surface area contributed by atoms with E-state index in [-0.39, 0.29) is 5.91 Å². The number of hydrogen-bond donors (Lipinski definition) is 1. The minimum atomic E-state index is -0.423. The van der Waals surface area contributed by atoms with E-state index in [9.17, 15) is 9.59 Å². The Hall–Kier alpha value is -3.19. The normalized spacial score (nSPS) is 10.4. The second-order valence-electron chi connectivity index (χ2n) is 5.92. The molecule has 0 atom stereocenters. The molecule has 2 aromatic carbocycles. The Kier molecular flexibility index (Phi) is 6.06. The van der Waals surface area contributed by atoms with Crippen LogP contribution < -0.4 is 10.1 Å². The number of benzene rings is 2. The second kappa shape index (κ2) is 8.67. The van der Waals surface area contributed by atoms with Gasteiger partial charge in [0.15, 0.2) is 0 Å². The van der Waals surface area contributed by atoms with Crippen molar-refractivity contribution in [1.29, 1.82) is 0 Å². The summed E-state index contributed by atoms with van der Waals surface area (Å²) in [6, 6.07) is 14.2. The number of aryl methyl sites for hydroxylation is 1. The molecule has 1 amide bonds. The average molecular weight is 396 g/mol. The highest BCUT2D eigenvalue weighted by Gasteiger charge is 2.17. The molecule has 28 heavy (non-hydrogen) atoms. The zero-order valence-corrected chi connectivity index (χ0v) is 16.6. The van der Waals surface area contributed by atoms with Crippen molar-refractivity contribution in [3.8, 4) is 16.3 Å². The number of carbonyl (C=O) groups excluding carboxylic acids is 2. The molecule has 0 spiro atoms.